The first-order valence-electron chi connectivity index (χ1n) is 9.60. The molecule has 140 valence electrons. The highest BCUT2D eigenvalue weighted by atomic mass is 16.1. The number of fused-ring (bicyclic) bond motifs is 1. The minimum absolute atomic E-state index is 0.0229. The second-order valence-corrected chi connectivity index (χ2v) is 7.51. The SMILES string of the molecule is Cc1ccc(NC(=O)[C@@H]2CCCN(Cc3nc4ccccc4n3C)C2)cc1. The molecule has 3 aromatic rings. The Morgan fingerprint density at radius 3 is 2.74 bits per heavy atom. The molecule has 1 aliphatic rings. The van der Waals surface area contributed by atoms with E-state index in [2.05, 4.69) is 27.9 Å². The number of imidazole rings is 1. The summed E-state index contributed by atoms with van der Waals surface area (Å²) in [6.07, 6.45) is 1.98. The molecular weight excluding hydrogens is 336 g/mol. The van der Waals surface area contributed by atoms with Crippen LogP contribution in [0.15, 0.2) is 48.5 Å². The number of hydrogen-bond donors (Lipinski definition) is 1. The van der Waals surface area contributed by atoms with Gasteiger partial charge >= 0.3 is 0 Å². The predicted octanol–water partition coefficient (Wildman–Crippen LogP) is 3.73. The smallest absolute Gasteiger partial charge is 0.228 e. The zero-order valence-corrected chi connectivity index (χ0v) is 16.0. The van der Waals surface area contributed by atoms with Crippen molar-refractivity contribution >= 4 is 22.6 Å². The molecule has 5 heteroatoms. The van der Waals surface area contributed by atoms with Crippen LogP contribution in [0.3, 0.4) is 0 Å². The Labute approximate surface area is 160 Å². The molecule has 1 aromatic heterocycles. The quantitative estimate of drug-likeness (QED) is 0.769. The van der Waals surface area contributed by atoms with Crippen LogP contribution in [-0.2, 0) is 18.4 Å². The summed E-state index contributed by atoms with van der Waals surface area (Å²) in [5.41, 5.74) is 4.25. The monoisotopic (exact) mass is 362 g/mol. The summed E-state index contributed by atoms with van der Waals surface area (Å²) in [7, 11) is 2.07. The van der Waals surface area contributed by atoms with Gasteiger partial charge in [-0.05, 0) is 50.6 Å². The average molecular weight is 362 g/mol. The summed E-state index contributed by atoms with van der Waals surface area (Å²) in [6, 6.07) is 16.2. The van der Waals surface area contributed by atoms with Crippen LogP contribution in [0.5, 0.6) is 0 Å². The van der Waals surface area contributed by atoms with Crippen molar-refractivity contribution in [2.75, 3.05) is 18.4 Å². The standard InChI is InChI=1S/C22H26N4O/c1-16-9-11-18(12-10-16)23-22(27)17-6-5-13-26(14-17)15-21-24-19-7-3-4-8-20(19)25(21)2/h3-4,7-12,17H,5-6,13-15H2,1-2H3,(H,23,27)/t17-/m1/s1. The van der Waals surface area contributed by atoms with Gasteiger partial charge in [0.15, 0.2) is 0 Å². The van der Waals surface area contributed by atoms with Crippen molar-refractivity contribution in [3.8, 4) is 0 Å². The molecule has 27 heavy (non-hydrogen) atoms. The van der Waals surface area contributed by atoms with Gasteiger partial charge in [0, 0.05) is 19.3 Å². The lowest BCUT2D eigenvalue weighted by Gasteiger charge is -2.31. The van der Waals surface area contributed by atoms with E-state index in [1.165, 1.54) is 5.56 Å². The number of aryl methyl sites for hydroxylation is 2. The third kappa shape index (κ3) is 3.88. The Morgan fingerprint density at radius 1 is 1.19 bits per heavy atom. The molecule has 0 saturated carbocycles. The van der Waals surface area contributed by atoms with Gasteiger partial charge in [-0.3, -0.25) is 9.69 Å². The van der Waals surface area contributed by atoms with Crippen LogP contribution in [-0.4, -0.2) is 33.4 Å². The largest absolute Gasteiger partial charge is 0.330 e. The first-order chi connectivity index (χ1) is 13.1. The van der Waals surface area contributed by atoms with E-state index in [4.69, 9.17) is 4.98 Å². The summed E-state index contributed by atoms with van der Waals surface area (Å²) in [5, 5.41) is 3.07. The second kappa shape index (κ2) is 7.53. The van der Waals surface area contributed by atoms with Gasteiger partial charge in [-0.15, -0.1) is 0 Å². The van der Waals surface area contributed by atoms with Crippen LogP contribution in [0.4, 0.5) is 5.69 Å². The van der Waals surface area contributed by atoms with Gasteiger partial charge in [0.25, 0.3) is 0 Å². The molecule has 5 nitrogen and oxygen atoms in total. The normalized spacial score (nSPS) is 17.9. The molecule has 1 N–H and O–H groups in total. The van der Waals surface area contributed by atoms with Crippen molar-refractivity contribution < 1.29 is 4.79 Å². The van der Waals surface area contributed by atoms with E-state index in [9.17, 15) is 4.79 Å². The summed E-state index contributed by atoms with van der Waals surface area (Å²) < 4.78 is 2.16. The lowest BCUT2D eigenvalue weighted by molar-refractivity contribution is -0.121. The Balaban J connectivity index is 1.42. The number of nitrogens with zero attached hydrogens (tertiary/aromatic N) is 3. The maximum Gasteiger partial charge on any atom is 0.228 e. The number of anilines is 1. The highest BCUT2D eigenvalue weighted by Crippen LogP contribution is 2.22. The molecule has 4 rings (SSSR count). The third-order valence-corrected chi connectivity index (χ3v) is 5.44. The number of piperidine rings is 1. The van der Waals surface area contributed by atoms with E-state index in [0.717, 1.165) is 55.0 Å². The van der Waals surface area contributed by atoms with Gasteiger partial charge in [0.2, 0.25) is 5.91 Å². The first kappa shape index (κ1) is 17.7. The van der Waals surface area contributed by atoms with Gasteiger partial charge in [-0.25, -0.2) is 4.98 Å². The van der Waals surface area contributed by atoms with Crippen molar-refractivity contribution in [1.82, 2.24) is 14.5 Å². The number of likely N-dealkylation sites (tertiary alicyclic amines) is 1. The fraction of sp³-hybridized carbons (Fsp3) is 0.364. The van der Waals surface area contributed by atoms with E-state index in [1.54, 1.807) is 0 Å². The number of amides is 1. The maximum atomic E-state index is 12.7. The van der Waals surface area contributed by atoms with Crippen molar-refractivity contribution in [3.63, 3.8) is 0 Å². The zero-order valence-electron chi connectivity index (χ0n) is 16.0. The molecular formula is C22H26N4O. The highest BCUT2D eigenvalue weighted by molar-refractivity contribution is 5.92. The van der Waals surface area contributed by atoms with Crippen molar-refractivity contribution in [1.29, 1.82) is 0 Å². The Kier molecular flexibility index (Phi) is 4.94. The molecule has 2 aromatic carbocycles. The number of carbonyl (C=O) groups is 1. The van der Waals surface area contributed by atoms with Gasteiger partial charge < -0.3 is 9.88 Å². The van der Waals surface area contributed by atoms with Crippen LogP contribution in [0.2, 0.25) is 0 Å². The number of carbonyl (C=O) groups excluding carboxylic acids is 1. The average Bonchev–Trinajstić information content (AvgIpc) is 3.00. The predicted molar refractivity (Wildman–Crippen MR) is 109 cm³/mol. The summed E-state index contributed by atoms with van der Waals surface area (Å²) in [6.45, 7) is 4.61. The van der Waals surface area contributed by atoms with E-state index in [-0.39, 0.29) is 11.8 Å². The van der Waals surface area contributed by atoms with Crippen LogP contribution in [0.25, 0.3) is 11.0 Å². The number of benzene rings is 2. The van der Waals surface area contributed by atoms with Crippen molar-refractivity contribution in [2.45, 2.75) is 26.3 Å². The molecule has 1 atom stereocenters. The van der Waals surface area contributed by atoms with Gasteiger partial charge in [-0.2, -0.15) is 0 Å². The molecule has 1 amide bonds. The number of para-hydroxylation sites is 2. The first-order valence-corrected chi connectivity index (χ1v) is 9.60. The van der Waals surface area contributed by atoms with Gasteiger partial charge in [-0.1, -0.05) is 29.8 Å². The van der Waals surface area contributed by atoms with Crippen LogP contribution in [0.1, 0.15) is 24.2 Å². The van der Waals surface area contributed by atoms with Crippen LogP contribution < -0.4 is 5.32 Å². The van der Waals surface area contributed by atoms with E-state index < -0.39 is 0 Å². The number of rotatable bonds is 4. The zero-order chi connectivity index (χ0) is 18.8. The molecule has 2 heterocycles. The molecule has 0 unspecified atom stereocenters. The molecule has 1 saturated heterocycles. The number of hydrogen-bond acceptors (Lipinski definition) is 3. The highest BCUT2D eigenvalue weighted by Gasteiger charge is 2.26. The Morgan fingerprint density at radius 2 is 1.96 bits per heavy atom. The topological polar surface area (TPSA) is 50.2 Å². The maximum absolute atomic E-state index is 12.7. The molecule has 0 bridgehead atoms. The number of aromatic nitrogens is 2. The molecule has 1 aliphatic heterocycles. The summed E-state index contributed by atoms with van der Waals surface area (Å²) >= 11 is 0. The molecule has 0 spiro atoms. The fourth-order valence-corrected chi connectivity index (χ4v) is 3.83. The molecule has 1 fully saturated rings. The Bertz CT molecular complexity index is 945. The lowest BCUT2D eigenvalue weighted by atomic mass is 9.97. The van der Waals surface area contributed by atoms with E-state index >= 15 is 0 Å². The second-order valence-electron chi connectivity index (χ2n) is 7.51. The minimum Gasteiger partial charge on any atom is -0.330 e. The van der Waals surface area contributed by atoms with Crippen LogP contribution in [0, 0.1) is 12.8 Å². The van der Waals surface area contributed by atoms with Crippen molar-refractivity contribution in [2.24, 2.45) is 13.0 Å². The third-order valence-electron chi connectivity index (χ3n) is 5.44. The fourth-order valence-electron chi connectivity index (χ4n) is 3.83. The van der Waals surface area contributed by atoms with Crippen molar-refractivity contribution in [3.05, 3.63) is 59.9 Å². The van der Waals surface area contributed by atoms with Gasteiger partial charge in [0.1, 0.15) is 5.82 Å². The van der Waals surface area contributed by atoms with E-state index in [0.29, 0.717) is 0 Å². The summed E-state index contributed by atoms with van der Waals surface area (Å²) in [4.78, 5) is 19.8. The summed E-state index contributed by atoms with van der Waals surface area (Å²) in [5.74, 6) is 1.19. The molecule has 0 aliphatic carbocycles. The Hall–Kier alpha value is -2.66. The number of nitrogens with one attached hydrogen (secondary N) is 1. The van der Waals surface area contributed by atoms with Gasteiger partial charge in [0.05, 0.1) is 23.5 Å². The van der Waals surface area contributed by atoms with Crippen LogP contribution >= 0.6 is 0 Å². The lowest BCUT2D eigenvalue weighted by Crippen LogP contribution is -2.40. The molecule has 0 radical (unpaired) electrons. The van der Waals surface area contributed by atoms with E-state index in [1.807, 2.05) is 49.4 Å². The minimum atomic E-state index is 0.0229.